The summed E-state index contributed by atoms with van der Waals surface area (Å²) < 4.78 is 13.8. The number of carboxylic acid groups (broad SMARTS) is 1. The number of aliphatic carboxylic acids is 1. The second kappa shape index (κ2) is 13.3. The summed E-state index contributed by atoms with van der Waals surface area (Å²) in [6.45, 7) is 7.72. The van der Waals surface area contributed by atoms with Crippen molar-refractivity contribution in [2.45, 2.75) is 44.6 Å². The van der Waals surface area contributed by atoms with Gasteiger partial charge in [-0.25, -0.2) is 4.39 Å². The molecule has 6 nitrogen and oxygen atoms in total. The fourth-order valence-electron chi connectivity index (χ4n) is 3.08. The number of rotatable bonds is 14. The van der Waals surface area contributed by atoms with Gasteiger partial charge >= 0.3 is 5.97 Å². The van der Waals surface area contributed by atoms with Gasteiger partial charge in [-0.1, -0.05) is 24.3 Å². The second-order valence-electron chi connectivity index (χ2n) is 7.20. The fourth-order valence-corrected chi connectivity index (χ4v) is 3.08. The first-order valence-corrected chi connectivity index (χ1v) is 10.0. The number of unbranched alkanes of at least 4 members (excludes halogenated alkanes) is 2. The number of carbonyl (C=O) groups is 3. The molecule has 7 heteroatoms. The Labute approximate surface area is 177 Å². The van der Waals surface area contributed by atoms with Crippen LogP contribution in [-0.2, 0) is 14.4 Å². The SMILES string of the molecule is C=CCCC[C@H](CC(=O)O)C(=O)NC(C(=O)N(C)CCCC=C)c1cccc(F)c1. The van der Waals surface area contributed by atoms with Gasteiger partial charge in [0.05, 0.1) is 6.42 Å². The summed E-state index contributed by atoms with van der Waals surface area (Å²) in [5.74, 6) is -3.34. The number of nitrogens with one attached hydrogen (secondary N) is 1. The summed E-state index contributed by atoms with van der Waals surface area (Å²) >= 11 is 0. The number of amides is 2. The Kier molecular flexibility index (Phi) is 11.1. The van der Waals surface area contributed by atoms with Crippen molar-refractivity contribution < 1.29 is 23.9 Å². The molecule has 2 N–H and O–H groups in total. The summed E-state index contributed by atoms with van der Waals surface area (Å²) in [5.41, 5.74) is 0.309. The molecule has 0 spiro atoms. The molecule has 0 aliphatic carbocycles. The summed E-state index contributed by atoms with van der Waals surface area (Å²) in [6, 6.07) is 4.38. The van der Waals surface area contributed by atoms with Crippen molar-refractivity contribution in [1.29, 1.82) is 0 Å². The van der Waals surface area contributed by atoms with Crippen LogP contribution in [0.4, 0.5) is 4.39 Å². The number of benzene rings is 1. The van der Waals surface area contributed by atoms with Crippen molar-refractivity contribution in [3.8, 4) is 0 Å². The zero-order valence-corrected chi connectivity index (χ0v) is 17.5. The van der Waals surface area contributed by atoms with E-state index >= 15 is 0 Å². The molecule has 0 radical (unpaired) electrons. The normalized spacial score (nSPS) is 12.5. The molecule has 1 rings (SSSR count). The highest BCUT2D eigenvalue weighted by Gasteiger charge is 2.29. The average molecular weight is 419 g/mol. The van der Waals surface area contributed by atoms with E-state index in [9.17, 15) is 18.8 Å². The van der Waals surface area contributed by atoms with Gasteiger partial charge < -0.3 is 15.3 Å². The number of allylic oxidation sites excluding steroid dienone is 2. The highest BCUT2D eigenvalue weighted by atomic mass is 19.1. The number of likely N-dealkylation sites (N-methyl/N-ethyl adjacent to an activating group) is 1. The van der Waals surface area contributed by atoms with E-state index in [1.807, 2.05) is 0 Å². The molecule has 0 aromatic heterocycles. The minimum Gasteiger partial charge on any atom is -0.481 e. The first-order valence-electron chi connectivity index (χ1n) is 10.0. The molecule has 30 heavy (non-hydrogen) atoms. The zero-order valence-electron chi connectivity index (χ0n) is 17.5. The molecular formula is C23H31FN2O4. The molecule has 1 unspecified atom stereocenters. The van der Waals surface area contributed by atoms with Gasteiger partial charge in [-0.2, -0.15) is 0 Å². The summed E-state index contributed by atoms with van der Waals surface area (Å²) in [6.07, 6.45) is 6.16. The van der Waals surface area contributed by atoms with Gasteiger partial charge in [0.2, 0.25) is 11.8 Å². The monoisotopic (exact) mass is 418 g/mol. The van der Waals surface area contributed by atoms with E-state index in [2.05, 4.69) is 18.5 Å². The Bertz CT molecular complexity index is 750. The number of hydrogen-bond donors (Lipinski definition) is 2. The molecule has 2 atom stereocenters. The molecule has 0 aliphatic heterocycles. The lowest BCUT2D eigenvalue weighted by molar-refractivity contribution is -0.142. The van der Waals surface area contributed by atoms with E-state index in [0.717, 1.165) is 6.42 Å². The molecule has 0 saturated heterocycles. The topological polar surface area (TPSA) is 86.7 Å². The van der Waals surface area contributed by atoms with Gasteiger partial charge in [0.1, 0.15) is 11.9 Å². The van der Waals surface area contributed by atoms with Crippen LogP contribution in [0.3, 0.4) is 0 Å². The molecule has 0 saturated carbocycles. The Morgan fingerprint density at radius 1 is 1.20 bits per heavy atom. The van der Waals surface area contributed by atoms with Crippen LogP contribution in [0.25, 0.3) is 0 Å². The predicted octanol–water partition coefficient (Wildman–Crippen LogP) is 3.85. The number of halogens is 1. The van der Waals surface area contributed by atoms with Gasteiger partial charge in [-0.05, 0) is 49.8 Å². The maximum Gasteiger partial charge on any atom is 0.304 e. The van der Waals surface area contributed by atoms with Crippen LogP contribution in [0.2, 0.25) is 0 Å². The third-order valence-corrected chi connectivity index (χ3v) is 4.75. The Balaban J connectivity index is 3.06. The van der Waals surface area contributed by atoms with Gasteiger partial charge in [0, 0.05) is 19.5 Å². The van der Waals surface area contributed by atoms with Gasteiger partial charge in [0.15, 0.2) is 0 Å². The third-order valence-electron chi connectivity index (χ3n) is 4.75. The lowest BCUT2D eigenvalue weighted by Crippen LogP contribution is -2.44. The van der Waals surface area contributed by atoms with Crippen molar-refractivity contribution in [1.82, 2.24) is 10.2 Å². The summed E-state index contributed by atoms with van der Waals surface area (Å²) in [7, 11) is 1.61. The maximum atomic E-state index is 13.8. The van der Waals surface area contributed by atoms with E-state index in [4.69, 9.17) is 5.11 Å². The lowest BCUT2D eigenvalue weighted by atomic mass is 9.96. The summed E-state index contributed by atoms with van der Waals surface area (Å²) in [5, 5.41) is 11.8. The van der Waals surface area contributed by atoms with Crippen LogP contribution in [0.15, 0.2) is 49.6 Å². The number of nitrogens with zero attached hydrogens (tertiary/aromatic N) is 1. The number of carbonyl (C=O) groups excluding carboxylic acids is 2. The van der Waals surface area contributed by atoms with E-state index in [0.29, 0.717) is 37.8 Å². The Hall–Kier alpha value is -2.96. The van der Waals surface area contributed by atoms with E-state index in [-0.39, 0.29) is 6.42 Å². The van der Waals surface area contributed by atoms with Crippen LogP contribution < -0.4 is 5.32 Å². The molecule has 0 heterocycles. The number of carboxylic acids is 1. The van der Waals surface area contributed by atoms with Crippen molar-refractivity contribution in [3.63, 3.8) is 0 Å². The first kappa shape index (κ1) is 25.1. The standard InChI is InChI=1S/C23H31FN2O4/c1-4-6-8-11-18(16-20(27)28)22(29)25-21(17-12-10-13-19(24)15-17)23(30)26(3)14-9-7-5-2/h4-5,10,12-13,15,18,21H,1-2,6-9,11,14,16H2,3H3,(H,25,29)(H,27,28)/t18-,21?/m1/s1. The molecule has 1 aromatic carbocycles. The maximum absolute atomic E-state index is 13.8. The quantitative estimate of drug-likeness (QED) is 0.355. The fraction of sp³-hybridized carbons (Fsp3) is 0.435. The molecule has 1 aromatic rings. The third kappa shape index (κ3) is 8.59. The van der Waals surface area contributed by atoms with Crippen molar-refractivity contribution in [3.05, 3.63) is 61.0 Å². The minimum absolute atomic E-state index is 0.309. The Morgan fingerprint density at radius 3 is 2.47 bits per heavy atom. The molecular weight excluding hydrogens is 387 g/mol. The smallest absolute Gasteiger partial charge is 0.304 e. The molecule has 0 bridgehead atoms. The molecule has 0 fully saturated rings. The van der Waals surface area contributed by atoms with Gasteiger partial charge in [0.25, 0.3) is 0 Å². The van der Waals surface area contributed by atoms with Crippen molar-refractivity contribution >= 4 is 17.8 Å². The van der Waals surface area contributed by atoms with E-state index in [1.54, 1.807) is 25.3 Å². The minimum atomic E-state index is -1.10. The van der Waals surface area contributed by atoms with Crippen LogP contribution in [0, 0.1) is 11.7 Å². The molecule has 0 aliphatic rings. The lowest BCUT2D eigenvalue weighted by Gasteiger charge is -2.26. The second-order valence-corrected chi connectivity index (χ2v) is 7.20. The van der Waals surface area contributed by atoms with Crippen molar-refractivity contribution in [2.24, 2.45) is 5.92 Å². The highest BCUT2D eigenvalue weighted by Crippen LogP contribution is 2.20. The molecule has 164 valence electrons. The van der Waals surface area contributed by atoms with Crippen LogP contribution in [-0.4, -0.2) is 41.4 Å². The van der Waals surface area contributed by atoms with Gasteiger partial charge in [-0.3, -0.25) is 14.4 Å². The van der Waals surface area contributed by atoms with Crippen LogP contribution in [0.5, 0.6) is 0 Å². The number of hydrogen-bond acceptors (Lipinski definition) is 3. The van der Waals surface area contributed by atoms with Gasteiger partial charge in [-0.15, -0.1) is 13.2 Å². The molecule has 2 amide bonds. The van der Waals surface area contributed by atoms with Crippen molar-refractivity contribution in [2.75, 3.05) is 13.6 Å². The first-order chi connectivity index (χ1) is 14.3. The summed E-state index contributed by atoms with van der Waals surface area (Å²) in [4.78, 5) is 38.6. The highest BCUT2D eigenvalue weighted by molar-refractivity contribution is 5.90. The van der Waals surface area contributed by atoms with E-state index < -0.39 is 35.6 Å². The Morgan fingerprint density at radius 2 is 1.87 bits per heavy atom. The van der Waals surface area contributed by atoms with E-state index in [1.165, 1.54) is 23.1 Å². The predicted molar refractivity (Wildman–Crippen MR) is 114 cm³/mol. The van der Waals surface area contributed by atoms with Crippen LogP contribution in [0.1, 0.15) is 50.1 Å². The van der Waals surface area contributed by atoms with Crippen LogP contribution >= 0.6 is 0 Å². The average Bonchev–Trinajstić information content (AvgIpc) is 2.70. The largest absolute Gasteiger partial charge is 0.481 e. The zero-order chi connectivity index (χ0) is 22.5.